The highest BCUT2D eigenvalue weighted by molar-refractivity contribution is 6.11. The van der Waals surface area contributed by atoms with Crippen LogP contribution in [0.3, 0.4) is 0 Å². The summed E-state index contributed by atoms with van der Waals surface area (Å²) in [7, 11) is 0. The third-order valence-corrected chi connectivity index (χ3v) is 8.59. The lowest BCUT2D eigenvalue weighted by Gasteiger charge is -2.10. The highest BCUT2D eigenvalue weighted by Gasteiger charge is 2.15. The van der Waals surface area contributed by atoms with E-state index in [1.165, 1.54) is 21.8 Å². The van der Waals surface area contributed by atoms with Crippen LogP contribution in [0.2, 0.25) is 0 Å². The number of fused-ring (bicyclic) bond motifs is 6. The van der Waals surface area contributed by atoms with Crippen molar-refractivity contribution < 1.29 is 4.42 Å². The van der Waals surface area contributed by atoms with Gasteiger partial charge in [0.2, 0.25) is 0 Å². The number of rotatable bonds is 4. The fourth-order valence-electron chi connectivity index (χ4n) is 6.50. The molecule has 3 heteroatoms. The molecule has 0 amide bonds. The smallest absolute Gasteiger partial charge is 0.135 e. The standard InChI is InChI=1S/C41H26N2O/c1-3-11-27(12-4-1)36-24-30(25-37(42-36)28-13-5-2-6-14-28)29-19-21-40-34(23-29)35-26-31(20-22-41(35)44-40)43-38-17-9-7-15-32(38)33-16-8-10-18-39(33)43/h1-26H. The Morgan fingerprint density at radius 3 is 1.52 bits per heavy atom. The first-order chi connectivity index (χ1) is 21.8. The van der Waals surface area contributed by atoms with Crippen molar-refractivity contribution in [2.75, 3.05) is 0 Å². The van der Waals surface area contributed by atoms with E-state index in [-0.39, 0.29) is 0 Å². The minimum atomic E-state index is 0.878. The molecule has 0 aliphatic carbocycles. The maximum absolute atomic E-state index is 6.36. The van der Waals surface area contributed by atoms with Gasteiger partial charge in [-0.2, -0.15) is 0 Å². The minimum absolute atomic E-state index is 0.878. The summed E-state index contributed by atoms with van der Waals surface area (Å²) in [6.45, 7) is 0. The zero-order chi connectivity index (χ0) is 29.0. The molecule has 44 heavy (non-hydrogen) atoms. The van der Waals surface area contributed by atoms with E-state index >= 15 is 0 Å². The van der Waals surface area contributed by atoms with Gasteiger partial charge in [0.1, 0.15) is 11.2 Å². The van der Waals surface area contributed by atoms with Crippen molar-refractivity contribution in [3.8, 4) is 39.3 Å². The quantitative estimate of drug-likeness (QED) is 0.214. The molecule has 3 heterocycles. The van der Waals surface area contributed by atoms with Gasteiger partial charge in [0.25, 0.3) is 0 Å². The maximum atomic E-state index is 6.36. The molecule has 0 aliphatic heterocycles. The Balaban J connectivity index is 1.24. The van der Waals surface area contributed by atoms with E-state index in [1.807, 2.05) is 12.1 Å². The summed E-state index contributed by atoms with van der Waals surface area (Å²) < 4.78 is 8.71. The van der Waals surface area contributed by atoms with E-state index in [4.69, 9.17) is 9.40 Å². The van der Waals surface area contributed by atoms with E-state index in [9.17, 15) is 0 Å². The molecule has 0 aliphatic rings. The van der Waals surface area contributed by atoms with Crippen LogP contribution in [0.5, 0.6) is 0 Å². The Kier molecular flexibility index (Phi) is 5.50. The molecule has 0 saturated carbocycles. The molecule has 0 radical (unpaired) electrons. The molecule has 0 unspecified atom stereocenters. The molecule has 0 bridgehead atoms. The molecule has 3 nitrogen and oxygen atoms in total. The van der Waals surface area contributed by atoms with Gasteiger partial charge in [0.05, 0.1) is 22.4 Å². The molecule has 0 atom stereocenters. The predicted octanol–water partition coefficient (Wildman–Crippen LogP) is 11.1. The van der Waals surface area contributed by atoms with E-state index < -0.39 is 0 Å². The number of hydrogen-bond donors (Lipinski definition) is 0. The number of nitrogens with zero attached hydrogens (tertiary/aromatic N) is 2. The third kappa shape index (κ3) is 3.94. The number of hydrogen-bond acceptors (Lipinski definition) is 2. The van der Waals surface area contributed by atoms with Crippen LogP contribution in [0.15, 0.2) is 162 Å². The van der Waals surface area contributed by atoms with Crippen molar-refractivity contribution in [2.24, 2.45) is 0 Å². The van der Waals surface area contributed by atoms with Crippen molar-refractivity contribution >= 4 is 43.7 Å². The van der Waals surface area contributed by atoms with Crippen LogP contribution in [0, 0.1) is 0 Å². The molecular formula is C41H26N2O. The highest BCUT2D eigenvalue weighted by Crippen LogP contribution is 2.38. The summed E-state index contributed by atoms with van der Waals surface area (Å²) in [5.74, 6) is 0. The van der Waals surface area contributed by atoms with Crippen molar-refractivity contribution in [1.29, 1.82) is 0 Å². The average molecular weight is 563 g/mol. The zero-order valence-electron chi connectivity index (χ0n) is 23.8. The van der Waals surface area contributed by atoms with E-state index in [0.29, 0.717) is 0 Å². The van der Waals surface area contributed by atoms with Crippen molar-refractivity contribution in [1.82, 2.24) is 9.55 Å². The second-order valence-corrected chi connectivity index (χ2v) is 11.2. The van der Waals surface area contributed by atoms with Gasteiger partial charge in [-0.15, -0.1) is 0 Å². The second kappa shape index (κ2) is 9.82. The Morgan fingerprint density at radius 1 is 0.386 bits per heavy atom. The average Bonchev–Trinajstić information content (AvgIpc) is 3.64. The number of pyridine rings is 1. The van der Waals surface area contributed by atoms with Crippen molar-refractivity contribution in [3.05, 3.63) is 158 Å². The molecule has 3 aromatic heterocycles. The molecule has 0 spiro atoms. The van der Waals surface area contributed by atoms with Gasteiger partial charge in [-0.25, -0.2) is 4.98 Å². The van der Waals surface area contributed by atoms with Gasteiger partial charge in [-0.05, 0) is 65.7 Å². The van der Waals surface area contributed by atoms with E-state index in [1.54, 1.807) is 0 Å². The largest absolute Gasteiger partial charge is 0.456 e. The highest BCUT2D eigenvalue weighted by atomic mass is 16.3. The van der Waals surface area contributed by atoms with Gasteiger partial charge in [-0.3, -0.25) is 0 Å². The van der Waals surface area contributed by atoms with Crippen LogP contribution in [0.4, 0.5) is 0 Å². The molecule has 0 saturated heterocycles. The van der Waals surface area contributed by atoms with Crippen LogP contribution in [-0.4, -0.2) is 9.55 Å². The third-order valence-electron chi connectivity index (χ3n) is 8.59. The molecule has 206 valence electrons. The van der Waals surface area contributed by atoms with Gasteiger partial charge in [-0.1, -0.05) is 103 Å². The lowest BCUT2D eigenvalue weighted by Crippen LogP contribution is -1.93. The first-order valence-electron chi connectivity index (χ1n) is 14.9. The van der Waals surface area contributed by atoms with Gasteiger partial charge < -0.3 is 8.98 Å². The first kappa shape index (κ1) is 24.6. The summed E-state index contributed by atoms with van der Waals surface area (Å²) in [5, 5.41) is 4.70. The first-order valence-corrected chi connectivity index (χ1v) is 14.9. The molecular weight excluding hydrogens is 536 g/mol. The van der Waals surface area contributed by atoms with E-state index in [2.05, 4.69) is 150 Å². The monoisotopic (exact) mass is 562 g/mol. The van der Waals surface area contributed by atoms with Gasteiger partial charge >= 0.3 is 0 Å². The Morgan fingerprint density at radius 2 is 0.909 bits per heavy atom. The second-order valence-electron chi connectivity index (χ2n) is 11.2. The van der Waals surface area contributed by atoms with Crippen LogP contribution in [0.1, 0.15) is 0 Å². The van der Waals surface area contributed by atoms with Crippen LogP contribution in [0.25, 0.3) is 83.1 Å². The molecule has 6 aromatic carbocycles. The number of benzene rings is 6. The van der Waals surface area contributed by atoms with Crippen molar-refractivity contribution in [2.45, 2.75) is 0 Å². The summed E-state index contributed by atoms with van der Waals surface area (Å²) in [6, 6.07) is 55.4. The van der Waals surface area contributed by atoms with Crippen LogP contribution in [-0.2, 0) is 0 Å². The lowest BCUT2D eigenvalue weighted by atomic mass is 9.98. The summed E-state index contributed by atoms with van der Waals surface area (Å²) >= 11 is 0. The molecule has 0 fully saturated rings. The normalized spacial score (nSPS) is 11.6. The SMILES string of the molecule is c1ccc(-c2cc(-c3ccc4oc5ccc(-n6c7ccccc7c7ccccc76)cc5c4c3)cc(-c3ccccc3)n2)cc1. The lowest BCUT2D eigenvalue weighted by molar-refractivity contribution is 0.669. The summed E-state index contributed by atoms with van der Waals surface area (Å²) in [4.78, 5) is 5.07. The minimum Gasteiger partial charge on any atom is -0.456 e. The van der Waals surface area contributed by atoms with Crippen LogP contribution < -0.4 is 0 Å². The Hall–Kier alpha value is -5.93. The number of aromatic nitrogens is 2. The molecule has 0 N–H and O–H groups in total. The van der Waals surface area contributed by atoms with Gasteiger partial charge in [0, 0.05) is 38.4 Å². The van der Waals surface area contributed by atoms with Crippen molar-refractivity contribution in [3.63, 3.8) is 0 Å². The van der Waals surface area contributed by atoms with Gasteiger partial charge in [0.15, 0.2) is 0 Å². The number of furan rings is 1. The molecule has 9 aromatic rings. The number of para-hydroxylation sites is 2. The van der Waals surface area contributed by atoms with E-state index in [0.717, 1.165) is 61.3 Å². The summed E-state index contributed by atoms with van der Waals surface area (Å²) in [5.41, 5.74) is 11.6. The maximum Gasteiger partial charge on any atom is 0.135 e. The zero-order valence-corrected chi connectivity index (χ0v) is 23.8. The molecule has 9 rings (SSSR count). The van der Waals surface area contributed by atoms with Crippen LogP contribution >= 0.6 is 0 Å². The topological polar surface area (TPSA) is 31.0 Å². The fourth-order valence-corrected chi connectivity index (χ4v) is 6.50. The Bertz CT molecular complexity index is 2380. The predicted molar refractivity (Wildman–Crippen MR) is 182 cm³/mol. The summed E-state index contributed by atoms with van der Waals surface area (Å²) in [6.07, 6.45) is 0. The Labute approximate surface area is 254 Å². The fraction of sp³-hybridized carbons (Fsp3) is 0.